The average Bonchev–Trinajstić information content (AvgIpc) is 1.96. The molecule has 0 aliphatic carbocycles. The predicted octanol–water partition coefficient (Wildman–Crippen LogP) is -2.81. The number of carboxylic acid groups (broad SMARTS) is 5. The van der Waals surface area contributed by atoms with Crippen molar-refractivity contribution in [2.45, 2.75) is 0 Å². The Morgan fingerprint density at radius 3 is 1.06 bits per heavy atom. The Labute approximate surface area is 121 Å². The molecule has 0 saturated heterocycles. The molecular formula is C4H4NaO12P. The van der Waals surface area contributed by atoms with Gasteiger partial charge in [-0.15, -0.1) is 0 Å². The van der Waals surface area contributed by atoms with Crippen LogP contribution in [-0.4, -0.2) is 45.0 Å². The molecule has 0 bridgehead atoms. The molecule has 0 aromatic carbocycles. The van der Waals surface area contributed by atoms with Crippen molar-refractivity contribution in [2.24, 2.45) is 0 Å². The Morgan fingerprint density at radius 2 is 0.944 bits per heavy atom. The molecule has 0 fully saturated rings. The minimum Gasteiger partial charge on any atom is -0.565 e. The van der Waals surface area contributed by atoms with Crippen LogP contribution in [0.4, 0.5) is 19.2 Å². The number of rotatable bonds is 3. The number of hydrogen-bond acceptors (Lipinski definition) is 8. The van der Waals surface area contributed by atoms with Gasteiger partial charge in [0.2, 0.25) is 6.16 Å². The van der Waals surface area contributed by atoms with Gasteiger partial charge in [-0.2, -0.15) is 0 Å². The summed E-state index contributed by atoms with van der Waals surface area (Å²) in [5.74, 6) is 0. The monoisotopic (exact) mass is 298 g/mol. The van der Waals surface area contributed by atoms with Gasteiger partial charge in [-0.3, -0.25) is 0 Å². The maximum absolute atomic E-state index is 9.82. The summed E-state index contributed by atoms with van der Waals surface area (Å²) >= 11 is 0. The Bertz CT molecular complexity index is 260. The molecule has 0 unspecified atom stereocenters. The van der Waals surface area contributed by atoms with E-state index in [1.165, 1.54) is 0 Å². The molecule has 0 atom stereocenters. The van der Waals surface area contributed by atoms with E-state index >= 15 is 0 Å². The summed E-state index contributed by atoms with van der Waals surface area (Å²) in [6.07, 6.45) is -7.81. The van der Waals surface area contributed by atoms with Gasteiger partial charge >= 0.3 is 56.6 Å². The van der Waals surface area contributed by atoms with Crippen LogP contribution in [0.2, 0.25) is 0 Å². The van der Waals surface area contributed by atoms with Gasteiger partial charge in [0.1, 0.15) is 0 Å². The third-order valence-corrected chi connectivity index (χ3v) is 1.37. The van der Waals surface area contributed by atoms with E-state index in [1.54, 1.807) is 0 Å². The second-order valence-corrected chi connectivity index (χ2v) is 2.56. The fraction of sp³-hybridized carbons (Fsp3) is 0. The first-order valence-corrected chi connectivity index (χ1v) is 4.17. The van der Waals surface area contributed by atoms with Crippen LogP contribution in [0.3, 0.4) is 0 Å². The molecule has 12 nitrogen and oxygen atoms in total. The van der Waals surface area contributed by atoms with Gasteiger partial charge in [-0.25, -0.2) is 14.4 Å². The van der Waals surface area contributed by atoms with Crippen molar-refractivity contribution in [3.63, 3.8) is 0 Å². The van der Waals surface area contributed by atoms with Crippen molar-refractivity contribution < 1.29 is 87.8 Å². The van der Waals surface area contributed by atoms with Crippen molar-refractivity contribution in [2.75, 3.05) is 0 Å². The summed E-state index contributed by atoms with van der Waals surface area (Å²) in [7, 11) is -2.98. The van der Waals surface area contributed by atoms with Crippen LogP contribution in [0.1, 0.15) is 0 Å². The van der Waals surface area contributed by atoms with Gasteiger partial charge in [0, 0.05) is 0 Å². The predicted molar refractivity (Wildman–Crippen MR) is 42.3 cm³/mol. The van der Waals surface area contributed by atoms with Crippen molar-refractivity contribution in [3.05, 3.63) is 0 Å². The fourth-order valence-electron chi connectivity index (χ4n) is 0.247. The van der Waals surface area contributed by atoms with Crippen LogP contribution in [-0.2, 0) is 13.6 Å². The van der Waals surface area contributed by atoms with Gasteiger partial charge in [0.25, 0.3) is 0 Å². The molecule has 4 N–H and O–H groups in total. The molecule has 98 valence electrons. The van der Waals surface area contributed by atoms with E-state index in [0.717, 1.165) is 0 Å². The summed E-state index contributed by atoms with van der Waals surface area (Å²) in [6, 6.07) is 0. The first kappa shape index (κ1) is 21.8. The minimum atomic E-state index is -2.98. The van der Waals surface area contributed by atoms with Crippen LogP contribution < -0.4 is 34.7 Å². The molecular weight excluding hydrogens is 294 g/mol. The summed E-state index contributed by atoms with van der Waals surface area (Å²) in [5, 5.41) is 39.2. The normalized spacial score (nSPS) is 7.83. The van der Waals surface area contributed by atoms with E-state index in [-0.39, 0.29) is 29.6 Å². The molecule has 14 heteroatoms. The number of carbonyl (C=O) groups is 4. The molecule has 0 saturated carbocycles. The molecule has 0 amide bonds. The molecule has 0 aromatic heterocycles. The van der Waals surface area contributed by atoms with E-state index in [9.17, 15) is 14.4 Å². The van der Waals surface area contributed by atoms with E-state index in [1.807, 2.05) is 0 Å². The summed E-state index contributed by atoms with van der Waals surface area (Å²) in [6.45, 7) is 0. The van der Waals surface area contributed by atoms with E-state index in [0.29, 0.717) is 0 Å². The van der Waals surface area contributed by atoms with Gasteiger partial charge in [0.05, 0.1) is 0 Å². The zero-order chi connectivity index (χ0) is 14.0. The molecule has 0 aliphatic heterocycles. The second-order valence-electron chi connectivity index (χ2n) is 1.56. The van der Waals surface area contributed by atoms with Gasteiger partial charge in [-0.05, 0) is 0 Å². The number of hydrogen-bond donors (Lipinski definition) is 4. The molecule has 0 rings (SSSR count). The van der Waals surface area contributed by atoms with E-state index < -0.39 is 33.2 Å². The summed E-state index contributed by atoms with van der Waals surface area (Å²) in [4.78, 5) is 37.9. The summed E-state index contributed by atoms with van der Waals surface area (Å²) < 4.78 is 10.9. The quantitative estimate of drug-likeness (QED) is 0.308. The Balaban J connectivity index is -0.000000392. The maximum Gasteiger partial charge on any atom is 1.00 e. The SMILES string of the molecule is O=C(O)OP(OC(=O)O)OC(=O)O.O=C([O-])O.[Na+]. The van der Waals surface area contributed by atoms with Crippen molar-refractivity contribution in [3.8, 4) is 0 Å². The standard InChI is InChI=1S/C3H3O9P.CH2O3.Na/c4-1(5)10-13(11-2(6)7)12-3(8)9;2-1(3)4;/h(H,4,5)(H,6,7)(H,8,9);(H2,2,3,4);/q;;+1/p-1. The Hall–Kier alpha value is -1.49. The third kappa shape index (κ3) is 24.0. The fourth-order valence-corrected chi connectivity index (χ4v) is 0.742. The van der Waals surface area contributed by atoms with Gasteiger partial charge < -0.3 is 43.9 Å². The molecule has 0 aromatic rings. The third-order valence-electron chi connectivity index (χ3n) is 0.458. The largest absolute Gasteiger partial charge is 1.00 e. The molecule has 0 spiro atoms. The topological polar surface area (TPSA) is 200 Å². The van der Waals surface area contributed by atoms with E-state index in [4.69, 9.17) is 30.3 Å². The van der Waals surface area contributed by atoms with Gasteiger partial charge in [0.15, 0.2) is 0 Å². The van der Waals surface area contributed by atoms with Crippen LogP contribution in [0.15, 0.2) is 0 Å². The molecule has 18 heavy (non-hydrogen) atoms. The van der Waals surface area contributed by atoms with Crippen LogP contribution in [0.5, 0.6) is 0 Å². The first-order valence-electron chi connectivity index (χ1n) is 3.08. The minimum absolute atomic E-state index is 0. The van der Waals surface area contributed by atoms with E-state index in [2.05, 4.69) is 13.6 Å². The zero-order valence-corrected chi connectivity index (χ0v) is 11.4. The maximum atomic E-state index is 9.82. The Morgan fingerprint density at radius 1 is 0.778 bits per heavy atom. The molecule has 0 aliphatic rings. The van der Waals surface area contributed by atoms with Crippen LogP contribution in [0, 0.1) is 0 Å². The van der Waals surface area contributed by atoms with Crippen LogP contribution >= 0.6 is 8.60 Å². The first-order chi connectivity index (χ1) is 7.65. The summed E-state index contributed by atoms with van der Waals surface area (Å²) in [5.41, 5.74) is 0. The average molecular weight is 298 g/mol. The van der Waals surface area contributed by atoms with Gasteiger partial charge in [-0.1, -0.05) is 0 Å². The van der Waals surface area contributed by atoms with Crippen molar-refractivity contribution >= 4 is 33.2 Å². The second kappa shape index (κ2) is 12.0. The Kier molecular flexibility index (Phi) is 14.5. The van der Waals surface area contributed by atoms with Crippen LogP contribution in [0.25, 0.3) is 0 Å². The van der Waals surface area contributed by atoms with Crippen molar-refractivity contribution in [1.82, 2.24) is 0 Å². The smallest absolute Gasteiger partial charge is 0.565 e. The molecule has 0 radical (unpaired) electrons. The zero-order valence-electron chi connectivity index (χ0n) is 8.50. The van der Waals surface area contributed by atoms with Crippen molar-refractivity contribution in [1.29, 1.82) is 0 Å². The molecule has 0 heterocycles.